The van der Waals surface area contributed by atoms with E-state index < -0.39 is 10.0 Å². The quantitative estimate of drug-likeness (QED) is 0.444. The van der Waals surface area contributed by atoms with Crippen molar-refractivity contribution in [2.75, 3.05) is 0 Å². The third kappa shape index (κ3) is 4.59. The molecule has 0 amide bonds. The fourth-order valence-corrected chi connectivity index (χ4v) is 4.15. The number of aromatic nitrogens is 1. The lowest BCUT2D eigenvalue weighted by Gasteiger charge is -2.03. The van der Waals surface area contributed by atoms with Crippen molar-refractivity contribution in [2.24, 2.45) is 5.14 Å². The molecule has 5 nitrogen and oxygen atoms in total. The van der Waals surface area contributed by atoms with E-state index in [1.807, 2.05) is 60.7 Å². The molecular weight excluding hydrogens is 404 g/mol. The summed E-state index contributed by atoms with van der Waals surface area (Å²) in [4.78, 5) is 5.89. The van der Waals surface area contributed by atoms with Crippen molar-refractivity contribution in [1.82, 2.24) is 4.98 Å². The van der Waals surface area contributed by atoms with Gasteiger partial charge in [-0.3, -0.25) is 0 Å². The minimum absolute atomic E-state index is 0.0610. The van der Waals surface area contributed by atoms with Gasteiger partial charge >= 0.3 is 0 Å². The summed E-state index contributed by atoms with van der Waals surface area (Å²) in [6.45, 7) is 0. The monoisotopic (exact) mass is 422 g/mol. The van der Waals surface area contributed by atoms with Gasteiger partial charge in [-0.05, 0) is 24.3 Å². The number of thioether (sulfide) groups is 1. The van der Waals surface area contributed by atoms with E-state index >= 15 is 0 Å². The van der Waals surface area contributed by atoms with Crippen molar-refractivity contribution in [1.29, 1.82) is 0 Å². The molecule has 0 aliphatic carbocycles. The zero-order valence-corrected chi connectivity index (χ0v) is 17.0. The first-order valence-electron chi connectivity index (χ1n) is 8.87. The van der Waals surface area contributed by atoms with Crippen LogP contribution in [0.1, 0.15) is 5.89 Å². The fourth-order valence-electron chi connectivity index (χ4n) is 2.87. The molecule has 0 saturated carbocycles. The summed E-state index contributed by atoms with van der Waals surface area (Å²) in [5.41, 5.74) is 2.33. The Kier molecular flexibility index (Phi) is 5.53. The lowest BCUT2D eigenvalue weighted by atomic mass is 10.1. The van der Waals surface area contributed by atoms with E-state index in [-0.39, 0.29) is 4.90 Å². The first kappa shape index (κ1) is 19.4. The first-order chi connectivity index (χ1) is 14.0. The van der Waals surface area contributed by atoms with Gasteiger partial charge in [0.15, 0.2) is 5.76 Å². The Morgan fingerprint density at radius 3 is 2.07 bits per heavy atom. The maximum absolute atomic E-state index is 11.5. The molecule has 0 atom stereocenters. The van der Waals surface area contributed by atoms with Crippen LogP contribution < -0.4 is 5.14 Å². The molecule has 0 aliphatic heterocycles. The van der Waals surface area contributed by atoms with Crippen LogP contribution >= 0.6 is 11.8 Å². The highest BCUT2D eigenvalue weighted by atomic mass is 32.2. The lowest BCUT2D eigenvalue weighted by Crippen LogP contribution is -2.11. The van der Waals surface area contributed by atoms with E-state index in [1.54, 1.807) is 23.9 Å². The van der Waals surface area contributed by atoms with Crippen molar-refractivity contribution in [3.63, 3.8) is 0 Å². The lowest BCUT2D eigenvalue weighted by molar-refractivity contribution is 0.530. The van der Waals surface area contributed by atoms with Gasteiger partial charge in [0.1, 0.15) is 5.69 Å². The van der Waals surface area contributed by atoms with Gasteiger partial charge in [-0.25, -0.2) is 18.5 Å². The van der Waals surface area contributed by atoms with Crippen molar-refractivity contribution in [2.45, 2.75) is 15.5 Å². The molecule has 146 valence electrons. The fraction of sp³-hybridized carbons (Fsp3) is 0.0455. The highest BCUT2D eigenvalue weighted by molar-refractivity contribution is 7.98. The van der Waals surface area contributed by atoms with Crippen LogP contribution in [0.2, 0.25) is 0 Å². The maximum atomic E-state index is 11.5. The predicted molar refractivity (Wildman–Crippen MR) is 115 cm³/mol. The molecule has 1 aromatic heterocycles. The average Bonchev–Trinajstić information content (AvgIpc) is 3.17. The predicted octanol–water partition coefficient (Wildman–Crippen LogP) is 4.95. The minimum atomic E-state index is -3.75. The molecule has 3 aromatic carbocycles. The van der Waals surface area contributed by atoms with Crippen LogP contribution in [0, 0.1) is 0 Å². The molecular formula is C22H18N2O3S2. The van der Waals surface area contributed by atoms with E-state index in [0.29, 0.717) is 23.1 Å². The molecule has 4 rings (SSSR count). The molecule has 0 saturated heterocycles. The van der Waals surface area contributed by atoms with Crippen molar-refractivity contribution < 1.29 is 12.8 Å². The largest absolute Gasteiger partial charge is 0.439 e. The Labute approximate surface area is 173 Å². The molecule has 0 radical (unpaired) electrons. The molecule has 0 unspecified atom stereocenters. The Morgan fingerprint density at radius 1 is 0.828 bits per heavy atom. The van der Waals surface area contributed by atoms with Crippen molar-refractivity contribution >= 4 is 21.8 Å². The highest BCUT2D eigenvalue weighted by Gasteiger charge is 2.18. The summed E-state index contributed by atoms with van der Waals surface area (Å²) in [6.07, 6.45) is 0. The molecule has 0 fully saturated rings. The zero-order chi connectivity index (χ0) is 20.3. The number of nitrogens with two attached hydrogens (primary N) is 1. The molecule has 0 bridgehead atoms. The number of nitrogens with zero attached hydrogens (tertiary/aromatic N) is 1. The second-order valence-corrected chi connectivity index (χ2v) is 8.93. The second kappa shape index (κ2) is 8.24. The summed E-state index contributed by atoms with van der Waals surface area (Å²) in [6, 6.07) is 26.1. The van der Waals surface area contributed by atoms with Crippen LogP contribution in [0.4, 0.5) is 0 Å². The van der Waals surface area contributed by atoms with Crippen LogP contribution in [-0.2, 0) is 15.8 Å². The summed E-state index contributed by atoms with van der Waals surface area (Å²) >= 11 is 1.64. The summed E-state index contributed by atoms with van der Waals surface area (Å²) in [5, 5.41) is 5.20. The molecule has 0 aliphatic rings. The average molecular weight is 423 g/mol. The molecule has 2 N–H and O–H groups in total. The van der Waals surface area contributed by atoms with Gasteiger partial charge in [-0.1, -0.05) is 60.7 Å². The van der Waals surface area contributed by atoms with Gasteiger partial charge in [0, 0.05) is 16.0 Å². The van der Waals surface area contributed by atoms with E-state index in [0.717, 1.165) is 16.0 Å². The van der Waals surface area contributed by atoms with Crippen molar-refractivity contribution in [3.05, 3.63) is 90.8 Å². The molecule has 7 heteroatoms. The molecule has 0 spiro atoms. The van der Waals surface area contributed by atoms with Crippen LogP contribution in [-0.4, -0.2) is 13.4 Å². The summed E-state index contributed by atoms with van der Waals surface area (Å²) < 4.78 is 29.2. The molecule has 4 aromatic rings. The van der Waals surface area contributed by atoms with Gasteiger partial charge in [-0.15, -0.1) is 11.8 Å². The standard InChI is InChI=1S/C22H18N2O3S2/c23-29(25,26)19-13-11-16(12-14-19)21-22(17-7-3-1-4-8-17)27-20(24-21)15-28-18-9-5-2-6-10-18/h1-14H,15H2,(H2,23,25,26). The van der Waals surface area contributed by atoms with E-state index in [2.05, 4.69) is 0 Å². The van der Waals surface area contributed by atoms with Gasteiger partial charge in [0.05, 0.1) is 10.6 Å². The smallest absolute Gasteiger partial charge is 0.238 e. The number of benzene rings is 3. The Morgan fingerprint density at radius 2 is 1.45 bits per heavy atom. The van der Waals surface area contributed by atoms with Gasteiger partial charge in [-0.2, -0.15) is 0 Å². The van der Waals surface area contributed by atoms with Gasteiger partial charge < -0.3 is 4.42 Å². The van der Waals surface area contributed by atoms with Crippen molar-refractivity contribution in [3.8, 4) is 22.6 Å². The molecule has 29 heavy (non-hydrogen) atoms. The van der Waals surface area contributed by atoms with E-state index in [4.69, 9.17) is 14.5 Å². The van der Waals surface area contributed by atoms with Crippen LogP contribution in [0.5, 0.6) is 0 Å². The third-order valence-corrected chi connectivity index (χ3v) is 6.20. The Hall–Kier alpha value is -2.87. The minimum Gasteiger partial charge on any atom is -0.439 e. The van der Waals surface area contributed by atoms with Gasteiger partial charge in [0.25, 0.3) is 0 Å². The van der Waals surface area contributed by atoms with Crippen LogP contribution in [0.3, 0.4) is 0 Å². The summed E-state index contributed by atoms with van der Waals surface area (Å²) in [5.74, 6) is 1.83. The Bertz CT molecular complexity index is 1200. The number of sulfonamides is 1. The summed E-state index contributed by atoms with van der Waals surface area (Å²) in [7, 11) is -3.75. The number of rotatable bonds is 6. The number of primary sulfonamides is 1. The second-order valence-electron chi connectivity index (χ2n) is 6.32. The highest BCUT2D eigenvalue weighted by Crippen LogP contribution is 2.34. The number of hydrogen-bond donors (Lipinski definition) is 1. The zero-order valence-electron chi connectivity index (χ0n) is 15.4. The van der Waals surface area contributed by atoms with Crippen LogP contribution in [0.15, 0.2) is 99.1 Å². The first-order valence-corrected chi connectivity index (χ1v) is 11.4. The SMILES string of the molecule is NS(=O)(=O)c1ccc(-c2nc(CSc3ccccc3)oc2-c2ccccc2)cc1. The third-order valence-electron chi connectivity index (χ3n) is 4.27. The Balaban J connectivity index is 1.70. The van der Waals surface area contributed by atoms with Gasteiger partial charge in [0.2, 0.25) is 15.9 Å². The normalized spacial score (nSPS) is 11.5. The number of hydrogen-bond acceptors (Lipinski definition) is 5. The number of oxazole rings is 1. The maximum Gasteiger partial charge on any atom is 0.238 e. The van der Waals surface area contributed by atoms with E-state index in [1.165, 1.54) is 12.1 Å². The molecule has 1 heterocycles. The topological polar surface area (TPSA) is 86.2 Å². The van der Waals surface area contributed by atoms with E-state index in [9.17, 15) is 8.42 Å². The van der Waals surface area contributed by atoms with Crippen LogP contribution in [0.25, 0.3) is 22.6 Å².